The molecule has 3 aromatic rings. The third-order valence-electron chi connectivity index (χ3n) is 6.14. The first-order chi connectivity index (χ1) is 15.8. The third-order valence-corrected chi connectivity index (χ3v) is 6.14. The smallest absolute Gasteiger partial charge is 0.280 e. The summed E-state index contributed by atoms with van der Waals surface area (Å²) in [6.45, 7) is 4.52. The maximum Gasteiger partial charge on any atom is 0.280 e. The normalized spacial score (nSPS) is 12.3. The van der Waals surface area contributed by atoms with E-state index in [4.69, 9.17) is 9.47 Å². The van der Waals surface area contributed by atoms with Gasteiger partial charge in [0.25, 0.3) is 5.79 Å². The van der Waals surface area contributed by atoms with Crippen molar-refractivity contribution in [2.75, 3.05) is 0 Å². The van der Waals surface area contributed by atoms with Crippen molar-refractivity contribution in [2.45, 2.75) is 71.0 Å². The SMILES string of the molecule is CCCCCCCCC(CC)C(Oc1ccccc1)(Oc1ccccc1)c1ccccc1. The van der Waals surface area contributed by atoms with E-state index in [0.29, 0.717) is 0 Å². The van der Waals surface area contributed by atoms with Crippen LogP contribution in [-0.4, -0.2) is 0 Å². The molecule has 32 heavy (non-hydrogen) atoms. The van der Waals surface area contributed by atoms with Gasteiger partial charge in [-0.25, -0.2) is 0 Å². The highest BCUT2D eigenvalue weighted by Crippen LogP contribution is 2.41. The molecule has 0 spiro atoms. The summed E-state index contributed by atoms with van der Waals surface area (Å²) in [5.74, 6) is 0.987. The first kappa shape index (κ1) is 23.9. The van der Waals surface area contributed by atoms with Gasteiger partial charge in [-0.3, -0.25) is 0 Å². The average Bonchev–Trinajstić information content (AvgIpc) is 2.85. The molecule has 3 aromatic carbocycles. The van der Waals surface area contributed by atoms with Crippen LogP contribution in [0.4, 0.5) is 0 Å². The highest BCUT2D eigenvalue weighted by molar-refractivity contribution is 5.30. The summed E-state index contributed by atoms with van der Waals surface area (Å²) in [7, 11) is 0. The van der Waals surface area contributed by atoms with Crippen molar-refractivity contribution in [1.29, 1.82) is 0 Å². The maximum absolute atomic E-state index is 6.82. The lowest BCUT2D eigenvalue weighted by Gasteiger charge is -2.41. The van der Waals surface area contributed by atoms with Gasteiger partial charge in [-0.2, -0.15) is 0 Å². The fraction of sp³-hybridized carbons (Fsp3) is 0.400. The fourth-order valence-corrected chi connectivity index (χ4v) is 4.37. The van der Waals surface area contributed by atoms with Crippen LogP contribution in [0.15, 0.2) is 91.0 Å². The first-order valence-corrected chi connectivity index (χ1v) is 12.3. The van der Waals surface area contributed by atoms with Gasteiger partial charge in [0, 0.05) is 11.5 Å². The lowest BCUT2D eigenvalue weighted by molar-refractivity contribution is -0.169. The Balaban J connectivity index is 1.94. The highest BCUT2D eigenvalue weighted by atomic mass is 16.7. The number of hydrogen-bond donors (Lipinski definition) is 0. The second-order valence-electron chi connectivity index (χ2n) is 8.53. The quantitative estimate of drug-likeness (QED) is 0.188. The summed E-state index contributed by atoms with van der Waals surface area (Å²) in [6, 6.07) is 30.6. The van der Waals surface area contributed by atoms with Gasteiger partial charge in [0.1, 0.15) is 11.5 Å². The average molecular weight is 431 g/mol. The monoisotopic (exact) mass is 430 g/mol. The van der Waals surface area contributed by atoms with Crippen LogP contribution in [0, 0.1) is 5.92 Å². The van der Waals surface area contributed by atoms with E-state index in [9.17, 15) is 0 Å². The molecule has 3 rings (SSSR count). The minimum absolute atomic E-state index is 0.219. The summed E-state index contributed by atoms with van der Waals surface area (Å²) < 4.78 is 13.6. The molecule has 0 fully saturated rings. The van der Waals surface area contributed by atoms with Crippen LogP contribution in [0.2, 0.25) is 0 Å². The van der Waals surface area contributed by atoms with E-state index >= 15 is 0 Å². The molecule has 2 heteroatoms. The van der Waals surface area contributed by atoms with Crippen molar-refractivity contribution in [1.82, 2.24) is 0 Å². The molecule has 0 aliphatic carbocycles. The number of hydrogen-bond acceptors (Lipinski definition) is 2. The van der Waals surface area contributed by atoms with Crippen molar-refractivity contribution in [3.05, 3.63) is 96.6 Å². The number of unbranched alkanes of at least 4 members (excludes halogenated alkanes) is 5. The van der Waals surface area contributed by atoms with Gasteiger partial charge >= 0.3 is 0 Å². The second kappa shape index (κ2) is 13.0. The summed E-state index contributed by atoms with van der Waals surface area (Å²) in [5, 5.41) is 0. The Hall–Kier alpha value is -2.74. The summed E-state index contributed by atoms with van der Waals surface area (Å²) >= 11 is 0. The maximum atomic E-state index is 6.82. The zero-order chi connectivity index (χ0) is 22.5. The number of ether oxygens (including phenoxy) is 2. The predicted molar refractivity (Wildman–Crippen MR) is 134 cm³/mol. The lowest BCUT2D eigenvalue weighted by Crippen LogP contribution is -2.46. The van der Waals surface area contributed by atoms with Gasteiger partial charge in [0.05, 0.1) is 0 Å². The Morgan fingerprint density at radius 2 is 1.06 bits per heavy atom. The molecule has 0 aromatic heterocycles. The van der Waals surface area contributed by atoms with Gasteiger partial charge < -0.3 is 9.47 Å². The Morgan fingerprint density at radius 1 is 0.594 bits per heavy atom. The van der Waals surface area contributed by atoms with Crippen LogP contribution in [0.5, 0.6) is 11.5 Å². The topological polar surface area (TPSA) is 18.5 Å². The molecule has 0 N–H and O–H groups in total. The number of benzene rings is 3. The molecule has 0 saturated heterocycles. The molecule has 0 radical (unpaired) electrons. The van der Waals surface area contributed by atoms with E-state index in [2.05, 4.69) is 38.1 Å². The van der Waals surface area contributed by atoms with E-state index in [-0.39, 0.29) is 5.92 Å². The largest absolute Gasteiger partial charge is 0.448 e. The third kappa shape index (κ3) is 6.63. The zero-order valence-corrected chi connectivity index (χ0v) is 19.7. The van der Waals surface area contributed by atoms with Crippen molar-refractivity contribution in [2.24, 2.45) is 5.92 Å². The molecule has 0 heterocycles. The summed E-state index contributed by atoms with van der Waals surface area (Å²) in [6.07, 6.45) is 9.75. The zero-order valence-electron chi connectivity index (χ0n) is 19.7. The molecule has 2 nitrogen and oxygen atoms in total. The van der Waals surface area contributed by atoms with Crippen LogP contribution < -0.4 is 9.47 Å². The van der Waals surface area contributed by atoms with E-state index in [1.54, 1.807) is 0 Å². The minimum Gasteiger partial charge on any atom is -0.448 e. The molecule has 0 amide bonds. The van der Waals surface area contributed by atoms with Gasteiger partial charge in [-0.05, 0) is 37.1 Å². The lowest BCUT2D eigenvalue weighted by atomic mass is 9.84. The van der Waals surface area contributed by atoms with Crippen LogP contribution in [-0.2, 0) is 5.79 Å². The van der Waals surface area contributed by atoms with Crippen molar-refractivity contribution < 1.29 is 9.47 Å². The molecule has 1 atom stereocenters. The van der Waals surface area contributed by atoms with Crippen LogP contribution in [0.3, 0.4) is 0 Å². The first-order valence-electron chi connectivity index (χ1n) is 12.3. The molecule has 0 aliphatic heterocycles. The molecule has 0 saturated carbocycles. The highest BCUT2D eigenvalue weighted by Gasteiger charge is 2.44. The van der Waals surface area contributed by atoms with Gasteiger partial charge in [0.2, 0.25) is 0 Å². The van der Waals surface area contributed by atoms with Crippen LogP contribution in [0.25, 0.3) is 0 Å². The van der Waals surface area contributed by atoms with Gasteiger partial charge in [-0.1, -0.05) is 119 Å². The van der Waals surface area contributed by atoms with Gasteiger partial charge in [0.15, 0.2) is 0 Å². The van der Waals surface area contributed by atoms with E-state index in [1.165, 1.54) is 38.5 Å². The van der Waals surface area contributed by atoms with Crippen LogP contribution in [0.1, 0.15) is 70.8 Å². The Kier molecular flexibility index (Phi) is 9.68. The standard InChI is InChI=1S/C30H38O2/c1-3-5-6-7-8-12-19-26(4-2)30(27-20-13-9-14-21-27,31-28-22-15-10-16-23-28)32-29-24-17-11-18-25-29/h9-11,13-18,20-26H,3-8,12,19H2,1-2H3. The molecule has 0 aliphatic rings. The Labute approximate surface area is 194 Å². The van der Waals surface area contributed by atoms with Crippen molar-refractivity contribution in [3.8, 4) is 11.5 Å². The van der Waals surface area contributed by atoms with Crippen molar-refractivity contribution >= 4 is 0 Å². The Morgan fingerprint density at radius 3 is 1.56 bits per heavy atom. The predicted octanol–water partition coefficient (Wildman–Crippen LogP) is 8.77. The fourth-order valence-electron chi connectivity index (χ4n) is 4.37. The molecule has 0 bridgehead atoms. The molecular weight excluding hydrogens is 392 g/mol. The van der Waals surface area contributed by atoms with Crippen molar-refractivity contribution in [3.63, 3.8) is 0 Å². The second-order valence-corrected chi connectivity index (χ2v) is 8.53. The van der Waals surface area contributed by atoms with E-state index in [0.717, 1.165) is 29.9 Å². The Bertz CT molecular complexity index is 820. The number of para-hydroxylation sites is 2. The molecule has 1 unspecified atom stereocenters. The van der Waals surface area contributed by atoms with E-state index < -0.39 is 5.79 Å². The van der Waals surface area contributed by atoms with E-state index in [1.807, 2.05) is 66.7 Å². The molecule has 170 valence electrons. The van der Waals surface area contributed by atoms with Crippen LogP contribution >= 0.6 is 0 Å². The molecular formula is C30H38O2. The minimum atomic E-state index is -0.887. The summed E-state index contributed by atoms with van der Waals surface area (Å²) in [5.41, 5.74) is 1.06. The van der Waals surface area contributed by atoms with Gasteiger partial charge in [-0.15, -0.1) is 0 Å². The summed E-state index contributed by atoms with van der Waals surface area (Å²) in [4.78, 5) is 0. The number of rotatable bonds is 14.